The van der Waals surface area contributed by atoms with Crippen molar-refractivity contribution in [3.8, 4) is 11.4 Å². The minimum Gasteiger partial charge on any atom is -0.479 e. The number of pyridine rings is 1. The summed E-state index contributed by atoms with van der Waals surface area (Å²) in [5.74, 6) is -0.467. The molecule has 1 saturated carbocycles. The van der Waals surface area contributed by atoms with E-state index in [0.29, 0.717) is 24.2 Å². The number of tetrazole rings is 1. The molecule has 0 spiro atoms. The van der Waals surface area contributed by atoms with Gasteiger partial charge in [0.25, 0.3) is 0 Å². The number of hydrogen-bond acceptors (Lipinski definition) is 5. The van der Waals surface area contributed by atoms with Crippen molar-refractivity contribution in [1.29, 1.82) is 0 Å². The zero-order valence-electron chi connectivity index (χ0n) is 9.82. The Kier molecular flexibility index (Phi) is 2.81. The maximum absolute atomic E-state index is 11.5. The van der Waals surface area contributed by atoms with Gasteiger partial charge < -0.3 is 5.11 Å². The van der Waals surface area contributed by atoms with Gasteiger partial charge in [-0.05, 0) is 51.7 Å². The summed E-state index contributed by atoms with van der Waals surface area (Å²) in [4.78, 5) is 15.6. The van der Waals surface area contributed by atoms with E-state index in [4.69, 9.17) is 0 Å². The highest BCUT2D eigenvalue weighted by molar-refractivity contribution is 9.10. The Hall–Kier alpha value is -1.83. The van der Waals surface area contributed by atoms with Crippen molar-refractivity contribution in [2.75, 3.05) is 0 Å². The molecular formula is C11H10BrN5O2. The van der Waals surface area contributed by atoms with E-state index in [-0.39, 0.29) is 0 Å². The van der Waals surface area contributed by atoms with Crippen LogP contribution >= 0.6 is 15.9 Å². The Morgan fingerprint density at radius 3 is 2.79 bits per heavy atom. The fourth-order valence-corrected chi connectivity index (χ4v) is 2.58. The van der Waals surface area contributed by atoms with E-state index in [1.165, 1.54) is 4.68 Å². The third-order valence-corrected chi connectivity index (χ3v) is 3.85. The molecule has 7 nitrogen and oxygen atoms in total. The molecule has 0 aromatic carbocycles. The molecule has 0 aliphatic heterocycles. The van der Waals surface area contributed by atoms with Crippen LogP contribution in [0.1, 0.15) is 19.3 Å². The van der Waals surface area contributed by atoms with Gasteiger partial charge in [-0.15, -0.1) is 5.10 Å². The van der Waals surface area contributed by atoms with Gasteiger partial charge in [-0.3, -0.25) is 4.98 Å². The summed E-state index contributed by atoms with van der Waals surface area (Å²) >= 11 is 3.33. The number of aliphatic carboxylic acids is 1. The number of carboxylic acid groups (broad SMARTS) is 1. The van der Waals surface area contributed by atoms with Crippen LogP contribution in [-0.2, 0) is 10.3 Å². The minimum absolute atomic E-state index is 0.427. The summed E-state index contributed by atoms with van der Waals surface area (Å²) in [6, 6.07) is 1.81. The Bertz CT molecular complexity index is 638. The largest absolute Gasteiger partial charge is 0.479 e. The lowest BCUT2D eigenvalue weighted by atomic mass is 9.76. The molecule has 8 heteroatoms. The Labute approximate surface area is 116 Å². The molecule has 0 unspecified atom stereocenters. The van der Waals surface area contributed by atoms with Crippen LogP contribution in [0.25, 0.3) is 11.4 Å². The smallest absolute Gasteiger partial charge is 0.331 e. The highest BCUT2D eigenvalue weighted by Gasteiger charge is 2.49. The van der Waals surface area contributed by atoms with Gasteiger partial charge in [-0.25, -0.2) is 9.48 Å². The molecule has 0 amide bonds. The van der Waals surface area contributed by atoms with Crippen molar-refractivity contribution in [3.63, 3.8) is 0 Å². The van der Waals surface area contributed by atoms with Gasteiger partial charge in [0.15, 0.2) is 11.4 Å². The van der Waals surface area contributed by atoms with Gasteiger partial charge in [0.05, 0.1) is 0 Å². The number of aromatic nitrogens is 5. The fraction of sp³-hybridized carbons (Fsp3) is 0.364. The molecule has 2 heterocycles. The van der Waals surface area contributed by atoms with E-state index in [9.17, 15) is 9.90 Å². The second kappa shape index (κ2) is 4.37. The van der Waals surface area contributed by atoms with Gasteiger partial charge in [0.2, 0.25) is 0 Å². The number of nitrogens with zero attached hydrogens (tertiary/aromatic N) is 5. The molecule has 0 radical (unpaired) electrons. The first kappa shape index (κ1) is 12.2. The first-order valence-electron chi connectivity index (χ1n) is 5.77. The third kappa shape index (κ3) is 1.83. The molecule has 3 rings (SSSR count). The highest BCUT2D eigenvalue weighted by Crippen LogP contribution is 2.40. The summed E-state index contributed by atoms with van der Waals surface area (Å²) in [5, 5.41) is 20.9. The SMILES string of the molecule is O=C(O)C1(n2nnnc2-c2cncc(Br)c2)CCC1. The quantitative estimate of drug-likeness (QED) is 0.919. The van der Waals surface area contributed by atoms with E-state index in [1.807, 2.05) is 6.07 Å². The van der Waals surface area contributed by atoms with Crippen LogP contribution in [0.15, 0.2) is 22.9 Å². The predicted molar refractivity (Wildman–Crippen MR) is 68.2 cm³/mol. The van der Waals surface area contributed by atoms with Crippen molar-refractivity contribution >= 4 is 21.9 Å². The monoisotopic (exact) mass is 323 g/mol. The van der Waals surface area contributed by atoms with Gasteiger partial charge in [0, 0.05) is 22.4 Å². The van der Waals surface area contributed by atoms with Crippen LogP contribution in [0.5, 0.6) is 0 Å². The van der Waals surface area contributed by atoms with Crippen LogP contribution in [0, 0.1) is 0 Å². The summed E-state index contributed by atoms with van der Waals surface area (Å²) in [7, 11) is 0. The van der Waals surface area contributed by atoms with E-state index >= 15 is 0 Å². The molecule has 98 valence electrons. The average molecular weight is 324 g/mol. The lowest BCUT2D eigenvalue weighted by Gasteiger charge is -2.37. The lowest BCUT2D eigenvalue weighted by Crippen LogP contribution is -2.48. The zero-order chi connectivity index (χ0) is 13.5. The van der Waals surface area contributed by atoms with Gasteiger partial charge in [-0.1, -0.05) is 0 Å². The highest BCUT2D eigenvalue weighted by atomic mass is 79.9. The van der Waals surface area contributed by atoms with Crippen LogP contribution in [0.3, 0.4) is 0 Å². The fourth-order valence-electron chi connectivity index (χ4n) is 2.22. The molecule has 19 heavy (non-hydrogen) atoms. The number of rotatable bonds is 3. The number of hydrogen-bond donors (Lipinski definition) is 1. The molecule has 0 saturated heterocycles. The van der Waals surface area contributed by atoms with Gasteiger partial charge >= 0.3 is 5.97 Å². The lowest BCUT2D eigenvalue weighted by molar-refractivity contribution is -0.153. The standard InChI is InChI=1S/C11H10BrN5O2/c12-8-4-7(5-13-6-8)9-14-15-16-17(9)11(10(18)19)2-1-3-11/h4-6H,1-3H2,(H,18,19). The second-order valence-corrected chi connectivity index (χ2v) is 5.41. The predicted octanol–water partition coefficient (Wildman–Crippen LogP) is 1.46. The average Bonchev–Trinajstić information content (AvgIpc) is 2.76. The van der Waals surface area contributed by atoms with Crippen LogP contribution < -0.4 is 0 Å². The van der Waals surface area contributed by atoms with Crippen molar-refractivity contribution in [1.82, 2.24) is 25.2 Å². The zero-order valence-corrected chi connectivity index (χ0v) is 11.4. The Morgan fingerprint density at radius 2 is 2.21 bits per heavy atom. The van der Waals surface area contributed by atoms with Crippen LogP contribution in [-0.4, -0.2) is 36.3 Å². The van der Waals surface area contributed by atoms with Gasteiger partial charge in [0.1, 0.15) is 0 Å². The molecule has 1 aliphatic rings. The maximum atomic E-state index is 11.5. The van der Waals surface area contributed by atoms with E-state index in [0.717, 1.165) is 10.9 Å². The number of halogens is 1. The van der Waals surface area contributed by atoms with Crippen LogP contribution in [0.2, 0.25) is 0 Å². The third-order valence-electron chi connectivity index (χ3n) is 3.42. The van der Waals surface area contributed by atoms with Crippen molar-refractivity contribution in [2.45, 2.75) is 24.8 Å². The first-order valence-corrected chi connectivity index (χ1v) is 6.56. The number of carbonyl (C=O) groups is 1. The Balaban J connectivity index is 2.11. The number of carboxylic acids is 1. The molecule has 2 aromatic heterocycles. The molecule has 0 bridgehead atoms. The van der Waals surface area contributed by atoms with Crippen molar-refractivity contribution in [2.24, 2.45) is 0 Å². The topological polar surface area (TPSA) is 93.8 Å². The van der Waals surface area contributed by atoms with E-state index in [1.54, 1.807) is 12.4 Å². The second-order valence-electron chi connectivity index (χ2n) is 4.50. The molecule has 1 N–H and O–H groups in total. The normalized spacial score (nSPS) is 16.9. The summed E-state index contributed by atoms with van der Waals surface area (Å²) in [6.45, 7) is 0. The van der Waals surface area contributed by atoms with Crippen LogP contribution in [0.4, 0.5) is 0 Å². The molecule has 1 aliphatic carbocycles. The molecular weight excluding hydrogens is 314 g/mol. The van der Waals surface area contributed by atoms with Gasteiger partial charge in [-0.2, -0.15) is 0 Å². The summed E-state index contributed by atoms with van der Waals surface area (Å²) in [6.07, 6.45) is 5.21. The van der Waals surface area contributed by atoms with Crippen molar-refractivity contribution in [3.05, 3.63) is 22.9 Å². The Morgan fingerprint density at radius 1 is 1.42 bits per heavy atom. The maximum Gasteiger partial charge on any atom is 0.331 e. The molecule has 0 atom stereocenters. The summed E-state index contributed by atoms with van der Waals surface area (Å²) < 4.78 is 2.19. The van der Waals surface area contributed by atoms with E-state index in [2.05, 4.69) is 36.4 Å². The van der Waals surface area contributed by atoms with Crippen molar-refractivity contribution < 1.29 is 9.90 Å². The van der Waals surface area contributed by atoms with E-state index < -0.39 is 11.5 Å². The molecule has 1 fully saturated rings. The first-order chi connectivity index (χ1) is 9.13. The summed E-state index contributed by atoms with van der Waals surface area (Å²) in [5.41, 5.74) is -0.326. The molecule has 2 aromatic rings. The minimum atomic E-state index is -1.01.